The maximum atomic E-state index is 4.35. The molecule has 14 heavy (non-hydrogen) atoms. The van der Waals surface area contributed by atoms with E-state index in [1.807, 2.05) is 6.20 Å². The molecule has 1 aliphatic carbocycles. The largest absolute Gasteiger partial charge is 0.245 e. The Hall–Kier alpha value is -1.18. The molecule has 1 heterocycles. The molecule has 0 radical (unpaired) electrons. The Morgan fingerprint density at radius 3 is 2.93 bits per heavy atom. The summed E-state index contributed by atoms with van der Waals surface area (Å²) >= 11 is 0. The number of nitrogens with zero attached hydrogens (tertiary/aromatic N) is 2. The molecule has 0 aromatic carbocycles. The summed E-state index contributed by atoms with van der Waals surface area (Å²) in [6, 6.07) is 0. The van der Waals surface area contributed by atoms with E-state index in [0.29, 0.717) is 0 Å². The van der Waals surface area contributed by atoms with Crippen LogP contribution < -0.4 is 0 Å². The van der Waals surface area contributed by atoms with Gasteiger partial charge >= 0.3 is 0 Å². The van der Waals surface area contributed by atoms with Crippen molar-refractivity contribution in [3.05, 3.63) is 35.9 Å². The quantitative estimate of drug-likeness (QED) is 0.585. The Morgan fingerprint density at radius 1 is 1.00 bits per heavy atom. The van der Waals surface area contributed by atoms with Gasteiger partial charge in [-0.05, 0) is 44.1 Å². The second-order valence-corrected chi connectivity index (χ2v) is 3.75. The standard InChI is InChI=1S/C12H16N2/c1-2-4-6-8-12-11(7-5-3-1)9-13-10-14-12/h2,4,9-10H,1,3,5-8H2/b4-2-. The number of aryl methyl sites for hydroxylation is 2. The Labute approximate surface area is 85.1 Å². The second kappa shape index (κ2) is 4.89. The number of fused-ring (bicyclic) bond motifs is 1. The maximum absolute atomic E-state index is 4.35. The number of rotatable bonds is 0. The van der Waals surface area contributed by atoms with Crippen molar-refractivity contribution in [2.75, 3.05) is 0 Å². The summed E-state index contributed by atoms with van der Waals surface area (Å²) in [6.07, 6.45) is 15.3. The van der Waals surface area contributed by atoms with Gasteiger partial charge in [-0.15, -0.1) is 0 Å². The fraction of sp³-hybridized carbons (Fsp3) is 0.500. The predicted molar refractivity (Wildman–Crippen MR) is 57.0 cm³/mol. The van der Waals surface area contributed by atoms with Gasteiger partial charge in [-0.1, -0.05) is 12.2 Å². The highest BCUT2D eigenvalue weighted by molar-refractivity contribution is 5.17. The third-order valence-electron chi connectivity index (χ3n) is 2.66. The van der Waals surface area contributed by atoms with Crippen LogP contribution in [0.2, 0.25) is 0 Å². The van der Waals surface area contributed by atoms with Crippen LogP contribution in [0.4, 0.5) is 0 Å². The second-order valence-electron chi connectivity index (χ2n) is 3.75. The summed E-state index contributed by atoms with van der Waals surface area (Å²) < 4.78 is 0. The van der Waals surface area contributed by atoms with Gasteiger partial charge < -0.3 is 0 Å². The Balaban J connectivity index is 2.16. The third-order valence-corrected chi connectivity index (χ3v) is 2.66. The van der Waals surface area contributed by atoms with E-state index in [4.69, 9.17) is 0 Å². The summed E-state index contributed by atoms with van der Waals surface area (Å²) in [6.45, 7) is 0. The van der Waals surface area contributed by atoms with Gasteiger partial charge in [-0.3, -0.25) is 0 Å². The highest BCUT2D eigenvalue weighted by Gasteiger charge is 2.03. The topological polar surface area (TPSA) is 25.8 Å². The fourth-order valence-corrected chi connectivity index (χ4v) is 1.85. The van der Waals surface area contributed by atoms with Gasteiger partial charge in [0.25, 0.3) is 0 Å². The van der Waals surface area contributed by atoms with Gasteiger partial charge in [0.15, 0.2) is 0 Å². The number of hydrogen-bond donors (Lipinski definition) is 0. The van der Waals surface area contributed by atoms with E-state index in [-0.39, 0.29) is 0 Å². The molecule has 0 atom stereocenters. The van der Waals surface area contributed by atoms with E-state index in [9.17, 15) is 0 Å². The monoisotopic (exact) mass is 188 g/mol. The van der Waals surface area contributed by atoms with Crippen molar-refractivity contribution < 1.29 is 0 Å². The van der Waals surface area contributed by atoms with E-state index in [0.717, 1.165) is 19.3 Å². The van der Waals surface area contributed by atoms with Crippen molar-refractivity contribution in [3.8, 4) is 0 Å². The zero-order valence-corrected chi connectivity index (χ0v) is 8.45. The molecule has 0 unspecified atom stereocenters. The van der Waals surface area contributed by atoms with E-state index in [2.05, 4.69) is 22.1 Å². The van der Waals surface area contributed by atoms with E-state index in [1.54, 1.807) is 6.33 Å². The van der Waals surface area contributed by atoms with Gasteiger partial charge in [0.1, 0.15) is 6.33 Å². The van der Waals surface area contributed by atoms with Crippen LogP contribution in [0.25, 0.3) is 0 Å². The molecule has 0 fully saturated rings. The predicted octanol–water partition coefficient (Wildman–Crippen LogP) is 2.69. The smallest absolute Gasteiger partial charge is 0.115 e. The van der Waals surface area contributed by atoms with Crippen molar-refractivity contribution in [1.82, 2.24) is 9.97 Å². The van der Waals surface area contributed by atoms with Gasteiger partial charge in [-0.25, -0.2) is 9.97 Å². The molecule has 2 rings (SSSR count). The van der Waals surface area contributed by atoms with Crippen LogP contribution in [0.3, 0.4) is 0 Å². The number of hydrogen-bond acceptors (Lipinski definition) is 2. The van der Waals surface area contributed by atoms with Crippen molar-refractivity contribution in [2.45, 2.75) is 38.5 Å². The summed E-state index contributed by atoms with van der Waals surface area (Å²) in [4.78, 5) is 8.44. The van der Waals surface area contributed by atoms with Crippen molar-refractivity contribution in [3.63, 3.8) is 0 Å². The summed E-state index contributed by atoms with van der Waals surface area (Å²) in [7, 11) is 0. The van der Waals surface area contributed by atoms with Gasteiger partial charge in [-0.2, -0.15) is 0 Å². The summed E-state index contributed by atoms with van der Waals surface area (Å²) in [5.74, 6) is 0. The molecule has 74 valence electrons. The van der Waals surface area contributed by atoms with Crippen LogP contribution in [0, 0.1) is 0 Å². The van der Waals surface area contributed by atoms with Gasteiger partial charge in [0, 0.05) is 11.9 Å². The lowest BCUT2D eigenvalue weighted by molar-refractivity contribution is 0.722. The first-order chi connectivity index (χ1) is 6.97. The number of aromatic nitrogens is 2. The Morgan fingerprint density at radius 2 is 1.93 bits per heavy atom. The SMILES string of the molecule is C1=C\CCc2ncncc2CCCC/1. The van der Waals surface area contributed by atoms with Gasteiger partial charge in [0.2, 0.25) is 0 Å². The zero-order chi connectivity index (χ0) is 9.64. The molecular weight excluding hydrogens is 172 g/mol. The normalized spacial score (nSPS) is 19.7. The van der Waals surface area contributed by atoms with Crippen LogP contribution in [0.1, 0.15) is 36.9 Å². The molecule has 1 aromatic rings. The van der Waals surface area contributed by atoms with Crippen molar-refractivity contribution >= 4 is 0 Å². The highest BCUT2D eigenvalue weighted by Crippen LogP contribution is 2.13. The third kappa shape index (κ3) is 2.41. The first-order valence-corrected chi connectivity index (χ1v) is 5.39. The van der Waals surface area contributed by atoms with Crippen LogP contribution >= 0.6 is 0 Å². The molecule has 1 aromatic heterocycles. The van der Waals surface area contributed by atoms with Gasteiger partial charge in [0.05, 0.1) is 0 Å². The lowest BCUT2D eigenvalue weighted by Crippen LogP contribution is -2.00. The Kier molecular flexibility index (Phi) is 3.28. The average molecular weight is 188 g/mol. The minimum Gasteiger partial charge on any atom is -0.245 e. The van der Waals surface area contributed by atoms with E-state index < -0.39 is 0 Å². The highest BCUT2D eigenvalue weighted by atomic mass is 14.8. The van der Waals surface area contributed by atoms with Crippen LogP contribution in [-0.4, -0.2) is 9.97 Å². The first kappa shape index (κ1) is 9.38. The minimum atomic E-state index is 1.06. The minimum absolute atomic E-state index is 1.06. The summed E-state index contributed by atoms with van der Waals surface area (Å²) in [5.41, 5.74) is 2.59. The first-order valence-electron chi connectivity index (χ1n) is 5.39. The zero-order valence-electron chi connectivity index (χ0n) is 8.45. The molecule has 0 aliphatic heterocycles. The summed E-state index contributed by atoms with van der Waals surface area (Å²) in [5, 5.41) is 0. The molecule has 2 heteroatoms. The lowest BCUT2D eigenvalue weighted by atomic mass is 10.0. The van der Waals surface area contributed by atoms with E-state index in [1.165, 1.54) is 30.5 Å². The number of allylic oxidation sites excluding steroid dienone is 2. The van der Waals surface area contributed by atoms with E-state index >= 15 is 0 Å². The molecule has 0 amide bonds. The molecule has 0 bridgehead atoms. The molecule has 2 nitrogen and oxygen atoms in total. The maximum Gasteiger partial charge on any atom is 0.115 e. The molecule has 0 spiro atoms. The molecule has 0 saturated heterocycles. The van der Waals surface area contributed by atoms with Crippen molar-refractivity contribution in [1.29, 1.82) is 0 Å². The molecular formula is C12H16N2. The van der Waals surface area contributed by atoms with Crippen LogP contribution in [0.5, 0.6) is 0 Å². The molecule has 0 saturated carbocycles. The van der Waals surface area contributed by atoms with Crippen molar-refractivity contribution in [2.24, 2.45) is 0 Å². The van der Waals surface area contributed by atoms with Crippen LogP contribution in [0.15, 0.2) is 24.7 Å². The fourth-order valence-electron chi connectivity index (χ4n) is 1.85. The molecule has 0 N–H and O–H groups in total. The Bertz CT molecular complexity index is 318. The average Bonchev–Trinajstić information content (AvgIpc) is 2.25. The van der Waals surface area contributed by atoms with Crippen LogP contribution in [-0.2, 0) is 12.8 Å². The lowest BCUT2D eigenvalue weighted by Gasteiger charge is -2.07. The molecule has 1 aliphatic rings.